The molecule has 1 aromatic carbocycles. The van der Waals surface area contributed by atoms with Crippen molar-refractivity contribution in [2.75, 3.05) is 31.6 Å². The largest absolute Gasteiger partial charge is 0.466 e. The second kappa shape index (κ2) is 8.16. The molecule has 4 amide bonds. The Hall–Kier alpha value is -3.29. The van der Waals surface area contributed by atoms with Crippen LogP contribution in [0, 0.1) is 0 Å². The Morgan fingerprint density at radius 3 is 2.64 bits per heavy atom. The zero-order valence-electron chi connectivity index (χ0n) is 16.0. The quantitative estimate of drug-likeness (QED) is 0.533. The summed E-state index contributed by atoms with van der Waals surface area (Å²) in [6, 6.07) is 12.6. The molecule has 0 aliphatic carbocycles. The molecular formula is C20H24N4O4. The lowest BCUT2D eigenvalue weighted by atomic mass is 9.99. The summed E-state index contributed by atoms with van der Waals surface area (Å²) in [6.07, 6.45) is 2.17. The van der Waals surface area contributed by atoms with Gasteiger partial charge in [-0.3, -0.25) is 14.5 Å². The molecule has 1 atom stereocenters. The highest BCUT2D eigenvalue weighted by Gasteiger charge is 2.51. The van der Waals surface area contributed by atoms with E-state index in [0.717, 1.165) is 23.6 Å². The van der Waals surface area contributed by atoms with Gasteiger partial charge in [-0.2, -0.15) is 0 Å². The van der Waals surface area contributed by atoms with Crippen LogP contribution in [-0.4, -0.2) is 49.4 Å². The van der Waals surface area contributed by atoms with Crippen LogP contribution in [0.1, 0.15) is 19.1 Å². The number of amides is 4. The van der Waals surface area contributed by atoms with E-state index in [1.54, 1.807) is 19.1 Å². The Balaban J connectivity index is 1.46. The average Bonchev–Trinajstić information content (AvgIpc) is 3.30. The van der Waals surface area contributed by atoms with Gasteiger partial charge < -0.3 is 20.0 Å². The first-order chi connectivity index (χ1) is 13.4. The molecule has 0 saturated carbocycles. The number of furan rings is 1. The van der Waals surface area contributed by atoms with Crippen LogP contribution in [-0.2, 0) is 15.1 Å². The topological polar surface area (TPSA) is 94.9 Å². The third kappa shape index (κ3) is 4.00. The normalized spacial score (nSPS) is 18.9. The van der Waals surface area contributed by atoms with Crippen LogP contribution in [0.5, 0.6) is 0 Å². The van der Waals surface area contributed by atoms with Crippen molar-refractivity contribution in [2.45, 2.75) is 18.9 Å². The van der Waals surface area contributed by atoms with E-state index < -0.39 is 17.5 Å². The highest BCUT2D eigenvalue weighted by Crippen LogP contribution is 2.28. The van der Waals surface area contributed by atoms with Crippen molar-refractivity contribution in [3.05, 3.63) is 54.5 Å². The second-order valence-electron chi connectivity index (χ2n) is 6.88. The van der Waals surface area contributed by atoms with Crippen molar-refractivity contribution in [2.24, 2.45) is 0 Å². The van der Waals surface area contributed by atoms with Gasteiger partial charge >= 0.3 is 6.03 Å². The Bertz CT molecular complexity index is 837. The molecule has 1 saturated heterocycles. The fourth-order valence-corrected chi connectivity index (χ4v) is 3.13. The number of carbonyl (C=O) groups excluding carboxylic acids is 3. The molecule has 1 fully saturated rings. The Labute approximate surface area is 163 Å². The summed E-state index contributed by atoms with van der Waals surface area (Å²) < 4.78 is 5.26. The van der Waals surface area contributed by atoms with E-state index in [0.29, 0.717) is 12.3 Å². The van der Waals surface area contributed by atoms with E-state index in [2.05, 4.69) is 15.5 Å². The Morgan fingerprint density at radius 2 is 1.96 bits per heavy atom. The molecule has 0 spiro atoms. The van der Waals surface area contributed by atoms with Crippen LogP contribution in [0.4, 0.5) is 10.5 Å². The Morgan fingerprint density at radius 1 is 1.21 bits per heavy atom. The van der Waals surface area contributed by atoms with Gasteiger partial charge in [-0.05, 0) is 37.6 Å². The molecular weight excluding hydrogens is 360 g/mol. The number of carbonyl (C=O) groups is 3. The maximum atomic E-state index is 12.6. The van der Waals surface area contributed by atoms with E-state index in [1.165, 1.54) is 6.26 Å². The molecule has 0 radical (unpaired) electrons. The first-order valence-corrected chi connectivity index (χ1v) is 9.13. The smallest absolute Gasteiger partial charge is 0.325 e. The number of nitrogens with one attached hydrogen (secondary N) is 2. The minimum atomic E-state index is -1.29. The van der Waals surface area contributed by atoms with Crippen molar-refractivity contribution in [3.8, 4) is 0 Å². The molecule has 1 aliphatic rings. The van der Waals surface area contributed by atoms with Gasteiger partial charge in [-0.15, -0.1) is 0 Å². The van der Waals surface area contributed by atoms with E-state index in [-0.39, 0.29) is 12.5 Å². The Kier molecular flexibility index (Phi) is 5.67. The van der Waals surface area contributed by atoms with Gasteiger partial charge in [0.05, 0.1) is 6.26 Å². The third-order valence-electron chi connectivity index (χ3n) is 4.78. The number of rotatable bonds is 8. The van der Waals surface area contributed by atoms with Crippen LogP contribution < -0.4 is 15.5 Å². The summed E-state index contributed by atoms with van der Waals surface area (Å²) in [5.74, 6) is -0.557. The third-order valence-corrected chi connectivity index (χ3v) is 4.78. The predicted molar refractivity (Wildman–Crippen MR) is 104 cm³/mol. The molecule has 0 bridgehead atoms. The van der Waals surface area contributed by atoms with E-state index in [9.17, 15) is 14.4 Å². The number of para-hydroxylation sites is 1. The molecule has 148 valence electrons. The molecule has 8 nitrogen and oxygen atoms in total. The summed E-state index contributed by atoms with van der Waals surface area (Å²) in [5, 5.41) is 5.35. The lowest BCUT2D eigenvalue weighted by Crippen LogP contribution is -2.43. The first-order valence-electron chi connectivity index (χ1n) is 9.13. The zero-order chi connectivity index (χ0) is 20.1. The van der Waals surface area contributed by atoms with Crippen LogP contribution in [0.25, 0.3) is 0 Å². The fraction of sp³-hybridized carbons (Fsp3) is 0.350. The van der Waals surface area contributed by atoms with Gasteiger partial charge in [0.15, 0.2) is 5.54 Å². The molecule has 2 N–H and O–H groups in total. The van der Waals surface area contributed by atoms with Gasteiger partial charge in [0.2, 0.25) is 5.91 Å². The number of hydrogen-bond donors (Lipinski definition) is 2. The van der Waals surface area contributed by atoms with Gasteiger partial charge in [-0.25, -0.2) is 4.79 Å². The van der Waals surface area contributed by atoms with Crippen LogP contribution in [0.3, 0.4) is 0 Å². The summed E-state index contributed by atoms with van der Waals surface area (Å²) >= 11 is 0. The molecule has 1 aliphatic heterocycles. The van der Waals surface area contributed by atoms with E-state index >= 15 is 0 Å². The number of benzene rings is 1. The molecule has 2 heterocycles. The van der Waals surface area contributed by atoms with Crippen molar-refractivity contribution < 1.29 is 18.8 Å². The molecule has 3 rings (SSSR count). The minimum absolute atomic E-state index is 0.324. The molecule has 0 unspecified atom stereocenters. The highest BCUT2D eigenvalue weighted by molar-refractivity contribution is 6.08. The number of nitrogens with zero attached hydrogens (tertiary/aromatic N) is 2. The van der Waals surface area contributed by atoms with Crippen LogP contribution >= 0.6 is 0 Å². The van der Waals surface area contributed by atoms with E-state index in [1.807, 2.05) is 37.4 Å². The molecule has 1 aromatic heterocycles. The van der Waals surface area contributed by atoms with Gasteiger partial charge in [0.25, 0.3) is 5.91 Å². The van der Waals surface area contributed by atoms with Crippen molar-refractivity contribution in [1.82, 2.24) is 15.5 Å². The maximum absolute atomic E-state index is 12.6. The fourth-order valence-electron chi connectivity index (χ4n) is 3.13. The minimum Gasteiger partial charge on any atom is -0.466 e. The lowest BCUT2D eigenvalue weighted by Gasteiger charge is -2.20. The van der Waals surface area contributed by atoms with Gasteiger partial charge in [-0.1, -0.05) is 18.2 Å². The van der Waals surface area contributed by atoms with Crippen LogP contribution in [0.15, 0.2) is 53.1 Å². The molecule has 28 heavy (non-hydrogen) atoms. The van der Waals surface area contributed by atoms with Gasteiger partial charge in [0, 0.05) is 25.8 Å². The lowest BCUT2D eigenvalue weighted by molar-refractivity contribution is -0.135. The monoisotopic (exact) mass is 384 g/mol. The maximum Gasteiger partial charge on any atom is 0.325 e. The summed E-state index contributed by atoms with van der Waals surface area (Å²) in [5.41, 5.74) is -0.190. The number of imide groups is 1. The summed E-state index contributed by atoms with van der Waals surface area (Å²) in [7, 11) is 1.99. The van der Waals surface area contributed by atoms with Crippen LogP contribution in [0.2, 0.25) is 0 Å². The van der Waals surface area contributed by atoms with Crippen molar-refractivity contribution in [3.63, 3.8) is 0 Å². The number of anilines is 1. The van der Waals surface area contributed by atoms with Crippen molar-refractivity contribution >= 4 is 23.5 Å². The SMILES string of the molecule is CN(CCCNC(=O)CN1C(=O)N[C@@](C)(c2ccco2)C1=O)c1ccccc1. The number of hydrogen-bond acceptors (Lipinski definition) is 5. The first kappa shape index (κ1) is 19.5. The average molecular weight is 384 g/mol. The summed E-state index contributed by atoms with van der Waals surface area (Å²) in [6.45, 7) is 2.46. The second-order valence-corrected chi connectivity index (χ2v) is 6.88. The predicted octanol–water partition coefficient (Wildman–Crippen LogP) is 1.69. The summed E-state index contributed by atoms with van der Waals surface area (Å²) in [4.78, 5) is 40.0. The number of urea groups is 1. The standard InChI is InChI=1S/C20H24N4O4/c1-20(16-10-6-13-28-16)18(26)24(19(27)22-20)14-17(25)21-11-7-12-23(2)15-8-4-3-5-9-15/h3-6,8-10,13H,7,11-12,14H2,1-2H3,(H,21,25)(H,22,27)/t20-/m0/s1. The van der Waals surface area contributed by atoms with Gasteiger partial charge in [0.1, 0.15) is 12.3 Å². The molecule has 8 heteroatoms. The van der Waals surface area contributed by atoms with E-state index in [4.69, 9.17) is 4.42 Å². The highest BCUT2D eigenvalue weighted by atomic mass is 16.3. The van der Waals surface area contributed by atoms with Crippen molar-refractivity contribution in [1.29, 1.82) is 0 Å². The zero-order valence-corrected chi connectivity index (χ0v) is 16.0. The molecule has 2 aromatic rings.